The Balaban J connectivity index is 1.79. The summed E-state index contributed by atoms with van der Waals surface area (Å²) in [4.78, 5) is 0. The summed E-state index contributed by atoms with van der Waals surface area (Å²) >= 11 is 0. The topological polar surface area (TPSA) is 24.4 Å². The fourth-order valence-corrected chi connectivity index (χ4v) is 2.72. The fourth-order valence-electron chi connectivity index (χ4n) is 2.72. The molecular weight excluding hydrogens is 256 g/mol. The number of rotatable bonds is 13. The average Bonchev–Trinajstić information content (AvgIpc) is 2.77. The van der Waals surface area contributed by atoms with Crippen LogP contribution < -0.4 is 5.43 Å². The highest BCUT2D eigenvalue weighted by atomic mass is 15.3. The molecule has 2 nitrogen and oxygen atoms in total. The Labute approximate surface area is 131 Å². The minimum atomic E-state index is 1.12. The van der Waals surface area contributed by atoms with Crippen molar-refractivity contribution in [3.05, 3.63) is 23.9 Å². The molecule has 0 bridgehead atoms. The molecule has 1 heterocycles. The lowest BCUT2D eigenvalue weighted by Gasteiger charge is -2.05. The second-order valence-electron chi connectivity index (χ2n) is 6.11. The second-order valence-corrected chi connectivity index (χ2v) is 6.11. The van der Waals surface area contributed by atoms with Gasteiger partial charge >= 0.3 is 0 Å². The molecule has 0 unspecified atom stereocenters. The molecule has 1 aliphatic rings. The number of nitrogens with zero attached hydrogens (tertiary/aromatic N) is 1. The minimum absolute atomic E-state index is 1.12. The highest BCUT2D eigenvalue weighted by Gasteiger charge is 1.97. The third-order valence-corrected chi connectivity index (χ3v) is 4.08. The molecular formula is C19H34N2. The SMILES string of the molecule is CCCCCCCCCCCCCCC1=CC=CC=NN1. The van der Waals surface area contributed by atoms with E-state index in [1.807, 2.05) is 6.08 Å². The second kappa shape index (κ2) is 13.9. The van der Waals surface area contributed by atoms with E-state index in [2.05, 4.69) is 29.6 Å². The van der Waals surface area contributed by atoms with Gasteiger partial charge in [-0.1, -0.05) is 83.6 Å². The van der Waals surface area contributed by atoms with E-state index >= 15 is 0 Å². The summed E-state index contributed by atoms with van der Waals surface area (Å²) in [6, 6.07) is 0. The van der Waals surface area contributed by atoms with Crippen molar-refractivity contribution in [2.75, 3.05) is 0 Å². The first kappa shape index (κ1) is 18.0. The van der Waals surface area contributed by atoms with Crippen LogP contribution in [0.1, 0.15) is 90.4 Å². The number of allylic oxidation sites excluding steroid dienone is 4. The van der Waals surface area contributed by atoms with Crippen molar-refractivity contribution in [2.45, 2.75) is 90.4 Å². The quantitative estimate of drug-likeness (QED) is 0.407. The molecule has 0 saturated heterocycles. The molecule has 21 heavy (non-hydrogen) atoms. The molecule has 120 valence electrons. The molecule has 0 amide bonds. The smallest absolute Gasteiger partial charge is 0.0472 e. The van der Waals surface area contributed by atoms with Gasteiger partial charge in [-0.25, -0.2) is 0 Å². The summed E-state index contributed by atoms with van der Waals surface area (Å²) in [6.45, 7) is 2.28. The number of nitrogens with one attached hydrogen (secondary N) is 1. The van der Waals surface area contributed by atoms with Gasteiger partial charge in [0, 0.05) is 11.9 Å². The van der Waals surface area contributed by atoms with Gasteiger partial charge < -0.3 is 0 Å². The van der Waals surface area contributed by atoms with Gasteiger partial charge in [-0.2, -0.15) is 5.10 Å². The predicted octanol–water partition coefficient (Wildman–Crippen LogP) is 6.11. The van der Waals surface area contributed by atoms with Crippen LogP contribution in [0.2, 0.25) is 0 Å². The van der Waals surface area contributed by atoms with Gasteiger partial charge in [-0.05, 0) is 25.0 Å². The van der Waals surface area contributed by atoms with E-state index in [0.717, 1.165) is 6.42 Å². The molecule has 0 spiro atoms. The van der Waals surface area contributed by atoms with E-state index in [4.69, 9.17) is 0 Å². The molecule has 0 aromatic rings. The van der Waals surface area contributed by atoms with E-state index in [0.29, 0.717) is 0 Å². The van der Waals surface area contributed by atoms with Crippen LogP contribution in [0.5, 0.6) is 0 Å². The maximum Gasteiger partial charge on any atom is 0.0472 e. The minimum Gasteiger partial charge on any atom is -0.283 e. The maximum absolute atomic E-state index is 4.10. The lowest BCUT2D eigenvalue weighted by molar-refractivity contribution is 0.542. The van der Waals surface area contributed by atoms with Crippen LogP contribution in [-0.2, 0) is 0 Å². The van der Waals surface area contributed by atoms with Gasteiger partial charge in [0.1, 0.15) is 0 Å². The van der Waals surface area contributed by atoms with E-state index in [-0.39, 0.29) is 0 Å². The number of hydrogen-bond donors (Lipinski definition) is 1. The number of unbranched alkanes of at least 4 members (excludes halogenated alkanes) is 11. The molecule has 1 aliphatic heterocycles. The summed E-state index contributed by atoms with van der Waals surface area (Å²) in [6.07, 6.45) is 26.0. The predicted molar refractivity (Wildman–Crippen MR) is 94.5 cm³/mol. The Kier molecular flexibility index (Phi) is 11.9. The monoisotopic (exact) mass is 290 g/mol. The zero-order chi connectivity index (χ0) is 15.0. The lowest BCUT2D eigenvalue weighted by atomic mass is 10.0. The van der Waals surface area contributed by atoms with Gasteiger partial charge in [0.05, 0.1) is 0 Å². The average molecular weight is 290 g/mol. The maximum atomic E-state index is 4.10. The molecule has 0 aromatic carbocycles. The largest absolute Gasteiger partial charge is 0.283 e. The molecule has 0 aromatic heterocycles. The standard InChI is InChI=1S/C19H34N2/c1-2-3-4-5-6-7-8-9-10-11-12-13-16-19-17-14-15-18-20-21-19/h14-15,17-18,21H,2-13,16H2,1H3. The normalized spacial score (nSPS) is 13.9. The van der Waals surface area contributed by atoms with Crippen LogP contribution in [0, 0.1) is 0 Å². The van der Waals surface area contributed by atoms with Crippen molar-refractivity contribution < 1.29 is 0 Å². The van der Waals surface area contributed by atoms with Crippen LogP contribution in [0.25, 0.3) is 0 Å². The van der Waals surface area contributed by atoms with Crippen molar-refractivity contribution >= 4 is 6.21 Å². The van der Waals surface area contributed by atoms with Crippen LogP contribution in [0.4, 0.5) is 0 Å². The van der Waals surface area contributed by atoms with Gasteiger partial charge in [-0.3, -0.25) is 5.43 Å². The zero-order valence-electron chi connectivity index (χ0n) is 13.9. The molecule has 0 radical (unpaired) electrons. The first-order valence-electron chi connectivity index (χ1n) is 9.08. The van der Waals surface area contributed by atoms with E-state index < -0.39 is 0 Å². The molecule has 0 atom stereocenters. The van der Waals surface area contributed by atoms with Crippen molar-refractivity contribution in [2.24, 2.45) is 5.10 Å². The van der Waals surface area contributed by atoms with Gasteiger partial charge in [0.2, 0.25) is 0 Å². The summed E-state index contributed by atoms with van der Waals surface area (Å²) in [5, 5.41) is 4.10. The fraction of sp³-hybridized carbons (Fsp3) is 0.737. The Morgan fingerprint density at radius 3 is 1.95 bits per heavy atom. The molecule has 1 rings (SSSR count). The van der Waals surface area contributed by atoms with Crippen LogP contribution >= 0.6 is 0 Å². The van der Waals surface area contributed by atoms with Crippen molar-refractivity contribution in [3.63, 3.8) is 0 Å². The Bertz CT molecular complexity index is 316. The molecule has 2 heteroatoms. The highest BCUT2D eigenvalue weighted by molar-refractivity contribution is 5.71. The first-order chi connectivity index (χ1) is 10.4. The number of hydrogen-bond acceptors (Lipinski definition) is 2. The van der Waals surface area contributed by atoms with Gasteiger partial charge in [-0.15, -0.1) is 0 Å². The summed E-state index contributed by atoms with van der Waals surface area (Å²) < 4.78 is 0. The Morgan fingerprint density at radius 1 is 0.762 bits per heavy atom. The van der Waals surface area contributed by atoms with Crippen molar-refractivity contribution in [3.8, 4) is 0 Å². The lowest BCUT2D eigenvalue weighted by Crippen LogP contribution is -2.04. The molecule has 0 fully saturated rings. The first-order valence-corrected chi connectivity index (χ1v) is 9.08. The van der Waals surface area contributed by atoms with Crippen molar-refractivity contribution in [1.82, 2.24) is 5.43 Å². The van der Waals surface area contributed by atoms with Crippen LogP contribution in [0.15, 0.2) is 29.0 Å². The molecule has 0 saturated carbocycles. The third kappa shape index (κ3) is 11.3. The number of hydrazone groups is 1. The van der Waals surface area contributed by atoms with Crippen LogP contribution in [0.3, 0.4) is 0 Å². The van der Waals surface area contributed by atoms with E-state index in [1.54, 1.807) is 6.21 Å². The van der Waals surface area contributed by atoms with E-state index in [1.165, 1.54) is 82.7 Å². The summed E-state index contributed by atoms with van der Waals surface area (Å²) in [7, 11) is 0. The molecule has 0 aliphatic carbocycles. The van der Waals surface area contributed by atoms with Gasteiger partial charge in [0.25, 0.3) is 0 Å². The highest BCUT2D eigenvalue weighted by Crippen LogP contribution is 2.13. The van der Waals surface area contributed by atoms with E-state index in [9.17, 15) is 0 Å². The van der Waals surface area contributed by atoms with Crippen molar-refractivity contribution in [1.29, 1.82) is 0 Å². The van der Waals surface area contributed by atoms with Crippen LogP contribution in [-0.4, -0.2) is 6.21 Å². The Morgan fingerprint density at radius 2 is 1.33 bits per heavy atom. The summed E-state index contributed by atoms with van der Waals surface area (Å²) in [5.41, 5.74) is 4.33. The zero-order valence-corrected chi connectivity index (χ0v) is 13.9. The molecule has 1 N–H and O–H groups in total. The Hall–Kier alpha value is -1.05. The summed E-state index contributed by atoms with van der Waals surface area (Å²) in [5.74, 6) is 0. The van der Waals surface area contributed by atoms with Gasteiger partial charge in [0.15, 0.2) is 0 Å². The third-order valence-electron chi connectivity index (χ3n) is 4.08.